The van der Waals surface area contributed by atoms with E-state index in [0.29, 0.717) is 23.2 Å². The zero-order valence-electron chi connectivity index (χ0n) is 11.6. The third-order valence-electron chi connectivity index (χ3n) is 3.75. The number of hydrogen-bond acceptors (Lipinski definition) is 5. The highest BCUT2D eigenvalue weighted by molar-refractivity contribution is 7.10. The van der Waals surface area contributed by atoms with Crippen LogP contribution in [0.5, 0.6) is 0 Å². The zero-order chi connectivity index (χ0) is 15.1. The van der Waals surface area contributed by atoms with E-state index in [0.717, 1.165) is 11.3 Å². The van der Waals surface area contributed by atoms with Crippen LogP contribution >= 0.6 is 23.1 Å². The maximum absolute atomic E-state index is 9.12. The largest absolute Gasteiger partial charge is 0.367 e. The van der Waals surface area contributed by atoms with Gasteiger partial charge in [-0.25, -0.2) is 4.98 Å². The number of halogens is 1. The predicted molar refractivity (Wildman–Crippen MR) is 87.2 cm³/mol. The number of hydrogen-bond donors (Lipinski definition) is 1. The van der Waals surface area contributed by atoms with Crippen molar-refractivity contribution in [3.63, 3.8) is 0 Å². The van der Waals surface area contributed by atoms with Gasteiger partial charge in [0.15, 0.2) is 5.15 Å². The minimum absolute atomic E-state index is 0.255. The minimum atomic E-state index is 0.255. The van der Waals surface area contributed by atoms with Gasteiger partial charge in [-0.2, -0.15) is 9.64 Å². The standard InChI is InChI=1S/C15H12ClN5S/c16-14-10(7-17)15(22-20-14)18-8-13-19-11-3-1-2-4-12(11)21(13)9-5-6-9/h1-4,9,18H,5-6,8H2. The lowest BCUT2D eigenvalue weighted by molar-refractivity contribution is 0.711. The molecule has 1 aliphatic carbocycles. The molecule has 110 valence electrons. The second kappa shape index (κ2) is 5.27. The number of aromatic nitrogens is 3. The molecule has 22 heavy (non-hydrogen) atoms. The van der Waals surface area contributed by atoms with Crippen molar-refractivity contribution in [2.24, 2.45) is 0 Å². The molecule has 1 saturated carbocycles. The van der Waals surface area contributed by atoms with Gasteiger partial charge in [0.05, 0.1) is 17.6 Å². The molecule has 0 amide bonds. The first-order chi connectivity index (χ1) is 10.8. The molecule has 0 atom stereocenters. The van der Waals surface area contributed by atoms with Gasteiger partial charge in [-0.1, -0.05) is 23.7 Å². The number of benzene rings is 1. The summed E-state index contributed by atoms with van der Waals surface area (Å²) in [4.78, 5) is 4.72. The number of nitrogens with zero attached hydrogens (tertiary/aromatic N) is 4. The molecule has 0 radical (unpaired) electrons. The fourth-order valence-electron chi connectivity index (χ4n) is 2.61. The maximum atomic E-state index is 9.12. The summed E-state index contributed by atoms with van der Waals surface area (Å²) < 4.78 is 6.31. The van der Waals surface area contributed by atoms with Crippen LogP contribution in [0.25, 0.3) is 11.0 Å². The Labute approximate surface area is 136 Å². The first-order valence-electron chi connectivity index (χ1n) is 7.03. The number of para-hydroxylation sites is 2. The summed E-state index contributed by atoms with van der Waals surface area (Å²) in [6, 6.07) is 10.8. The monoisotopic (exact) mass is 329 g/mol. The molecule has 1 aliphatic rings. The fourth-order valence-corrected chi connectivity index (χ4v) is 3.54. The smallest absolute Gasteiger partial charge is 0.162 e. The summed E-state index contributed by atoms with van der Waals surface area (Å²) in [5, 5.41) is 13.3. The molecule has 2 aromatic heterocycles. The summed E-state index contributed by atoms with van der Waals surface area (Å²) in [6.07, 6.45) is 2.40. The summed E-state index contributed by atoms with van der Waals surface area (Å²) in [7, 11) is 0. The topological polar surface area (TPSA) is 66.5 Å². The summed E-state index contributed by atoms with van der Waals surface area (Å²) in [5.74, 6) is 0.983. The summed E-state index contributed by atoms with van der Waals surface area (Å²) in [5.41, 5.74) is 2.58. The highest BCUT2D eigenvalue weighted by atomic mass is 35.5. The number of nitrogens with one attached hydrogen (secondary N) is 1. The molecule has 2 heterocycles. The van der Waals surface area contributed by atoms with Crippen LogP contribution < -0.4 is 5.32 Å². The molecule has 1 N–H and O–H groups in total. The van der Waals surface area contributed by atoms with E-state index in [1.54, 1.807) is 0 Å². The Morgan fingerprint density at radius 3 is 3.00 bits per heavy atom. The van der Waals surface area contributed by atoms with E-state index in [4.69, 9.17) is 21.8 Å². The van der Waals surface area contributed by atoms with E-state index in [1.807, 2.05) is 18.2 Å². The highest BCUT2D eigenvalue weighted by Gasteiger charge is 2.28. The summed E-state index contributed by atoms with van der Waals surface area (Å²) >= 11 is 7.10. The van der Waals surface area contributed by atoms with Crippen LogP contribution in [-0.2, 0) is 6.54 Å². The predicted octanol–water partition coefficient (Wildman–Crippen LogP) is 3.96. The van der Waals surface area contributed by atoms with E-state index < -0.39 is 0 Å². The van der Waals surface area contributed by atoms with Crippen LogP contribution in [0.3, 0.4) is 0 Å². The second-order valence-corrected chi connectivity index (χ2v) is 6.39. The van der Waals surface area contributed by atoms with Crippen LogP contribution in [-0.4, -0.2) is 13.9 Å². The molecule has 0 aliphatic heterocycles. The third-order valence-corrected chi connectivity index (χ3v) is 4.93. The molecule has 4 rings (SSSR count). The van der Waals surface area contributed by atoms with Crippen molar-refractivity contribution < 1.29 is 0 Å². The number of rotatable bonds is 4. The van der Waals surface area contributed by atoms with Crippen molar-refractivity contribution in [2.75, 3.05) is 5.32 Å². The molecule has 0 spiro atoms. The van der Waals surface area contributed by atoms with E-state index >= 15 is 0 Å². The van der Waals surface area contributed by atoms with Gasteiger partial charge in [-0.05, 0) is 36.5 Å². The highest BCUT2D eigenvalue weighted by Crippen LogP contribution is 2.39. The lowest BCUT2D eigenvalue weighted by atomic mass is 10.3. The van der Waals surface area contributed by atoms with E-state index in [1.165, 1.54) is 29.9 Å². The van der Waals surface area contributed by atoms with Crippen LogP contribution in [0.1, 0.15) is 30.3 Å². The van der Waals surface area contributed by atoms with E-state index in [9.17, 15) is 0 Å². The van der Waals surface area contributed by atoms with Gasteiger partial charge >= 0.3 is 0 Å². The molecule has 5 nitrogen and oxygen atoms in total. The van der Waals surface area contributed by atoms with Gasteiger partial charge in [0, 0.05) is 6.04 Å². The first-order valence-corrected chi connectivity index (χ1v) is 8.18. The van der Waals surface area contributed by atoms with Crippen LogP contribution in [0.2, 0.25) is 5.15 Å². The Bertz CT molecular complexity index is 887. The van der Waals surface area contributed by atoms with Crippen LogP contribution in [0.4, 0.5) is 5.00 Å². The summed E-state index contributed by atoms with van der Waals surface area (Å²) in [6.45, 7) is 0.554. The molecule has 0 bridgehead atoms. The van der Waals surface area contributed by atoms with E-state index in [2.05, 4.69) is 26.4 Å². The van der Waals surface area contributed by atoms with Gasteiger partial charge in [-0.3, -0.25) is 0 Å². The quantitative estimate of drug-likeness (QED) is 0.786. The maximum Gasteiger partial charge on any atom is 0.162 e. The molecular weight excluding hydrogens is 318 g/mol. The molecule has 1 aromatic carbocycles. The normalized spacial score (nSPS) is 14.2. The Balaban J connectivity index is 1.67. The van der Waals surface area contributed by atoms with Crippen molar-refractivity contribution in [2.45, 2.75) is 25.4 Å². The lowest BCUT2D eigenvalue weighted by Gasteiger charge is -2.08. The van der Waals surface area contributed by atoms with Crippen molar-refractivity contribution in [1.82, 2.24) is 13.9 Å². The van der Waals surface area contributed by atoms with Crippen molar-refractivity contribution in [1.29, 1.82) is 5.26 Å². The Hall–Kier alpha value is -2.10. The SMILES string of the molecule is N#Cc1c(Cl)nsc1NCc1nc2ccccc2n1C1CC1. The van der Waals surface area contributed by atoms with Gasteiger partial charge < -0.3 is 9.88 Å². The van der Waals surface area contributed by atoms with E-state index in [-0.39, 0.29) is 5.15 Å². The number of nitriles is 1. The number of anilines is 1. The van der Waals surface area contributed by atoms with Crippen LogP contribution in [0, 0.1) is 11.3 Å². The average molecular weight is 330 g/mol. The second-order valence-electron chi connectivity index (χ2n) is 5.26. The Morgan fingerprint density at radius 1 is 1.41 bits per heavy atom. The van der Waals surface area contributed by atoms with Crippen molar-refractivity contribution in [3.05, 3.63) is 40.8 Å². The van der Waals surface area contributed by atoms with Gasteiger partial charge in [0.1, 0.15) is 22.5 Å². The molecule has 7 heteroatoms. The van der Waals surface area contributed by atoms with Gasteiger partial charge in [0.25, 0.3) is 0 Å². The Morgan fingerprint density at radius 2 is 2.23 bits per heavy atom. The minimum Gasteiger partial charge on any atom is -0.367 e. The third kappa shape index (κ3) is 2.23. The number of fused-ring (bicyclic) bond motifs is 1. The molecule has 0 unspecified atom stereocenters. The van der Waals surface area contributed by atoms with Crippen molar-refractivity contribution >= 4 is 39.2 Å². The molecule has 3 aromatic rings. The lowest BCUT2D eigenvalue weighted by Crippen LogP contribution is -2.07. The molecular formula is C15H12ClN5S. The molecule has 1 fully saturated rings. The molecule has 0 saturated heterocycles. The zero-order valence-corrected chi connectivity index (χ0v) is 13.2. The van der Waals surface area contributed by atoms with Gasteiger partial charge in [-0.15, -0.1) is 0 Å². The van der Waals surface area contributed by atoms with Crippen molar-refractivity contribution in [3.8, 4) is 6.07 Å². The first kappa shape index (κ1) is 13.6. The number of imidazole rings is 1. The fraction of sp³-hybridized carbons (Fsp3) is 0.267. The average Bonchev–Trinajstić information content (AvgIpc) is 3.20. The van der Waals surface area contributed by atoms with Crippen LogP contribution in [0.15, 0.2) is 24.3 Å². The van der Waals surface area contributed by atoms with Gasteiger partial charge in [0.2, 0.25) is 0 Å². The Kier molecular flexibility index (Phi) is 3.25.